The summed E-state index contributed by atoms with van der Waals surface area (Å²) in [6.07, 6.45) is 10.3. The van der Waals surface area contributed by atoms with Crippen molar-refractivity contribution in [2.45, 2.75) is 44.6 Å². The normalized spacial score (nSPS) is 15.6. The average Bonchev–Trinajstić information content (AvgIpc) is 2.69. The van der Waals surface area contributed by atoms with E-state index in [1.807, 2.05) is 30.6 Å². The maximum Gasteiger partial charge on any atom is 0.272 e. The van der Waals surface area contributed by atoms with Crippen molar-refractivity contribution in [2.24, 2.45) is 5.73 Å². The number of hydrogen-bond donors (Lipinski definition) is 2. The molecule has 0 aliphatic heterocycles. The van der Waals surface area contributed by atoms with E-state index in [-0.39, 0.29) is 12.1 Å². The van der Waals surface area contributed by atoms with E-state index in [9.17, 15) is 4.79 Å². The van der Waals surface area contributed by atoms with E-state index in [2.05, 4.69) is 21.2 Å². The van der Waals surface area contributed by atoms with Crippen molar-refractivity contribution in [2.75, 3.05) is 0 Å². The monoisotopic (exact) mass is 334 g/mol. The zero-order valence-corrected chi connectivity index (χ0v) is 14.2. The molecular formula is C20H22N4O. The summed E-state index contributed by atoms with van der Waals surface area (Å²) >= 11 is 0. The Morgan fingerprint density at radius 2 is 1.88 bits per heavy atom. The van der Waals surface area contributed by atoms with Gasteiger partial charge in [-0.1, -0.05) is 25.3 Å². The summed E-state index contributed by atoms with van der Waals surface area (Å²) in [4.78, 5) is 16.5. The van der Waals surface area contributed by atoms with Gasteiger partial charge >= 0.3 is 0 Å². The van der Waals surface area contributed by atoms with Crippen LogP contribution in [-0.4, -0.2) is 15.2 Å². The number of aromatic nitrogens is 3. The largest absolute Gasteiger partial charge is 0.325 e. The third kappa shape index (κ3) is 3.07. The summed E-state index contributed by atoms with van der Waals surface area (Å²) in [5.74, 6) is 0.616. The Morgan fingerprint density at radius 1 is 1.04 bits per heavy atom. The highest BCUT2D eigenvalue weighted by Gasteiger charge is 2.16. The van der Waals surface area contributed by atoms with Crippen LogP contribution in [0.3, 0.4) is 0 Å². The van der Waals surface area contributed by atoms with Gasteiger partial charge in [0.2, 0.25) is 0 Å². The number of aromatic amines is 1. The quantitative estimate of drug-likeness (QED) is 0.768. The van der Waals surface area contributed by atoms with Crippen molar-refractivity contribution in [1.82, 2.24) is 15.2 Å². The fraction of sp³-hybridized carbons (Fsp3) is 0.350. The maximum absolute atomic E-state index is 12.0. The lowest BCUT2D eigenvalue weighted by atomic mass is 9.84. The van der Waals surface area contributed by atoms with E-state index in [0.29, 0.717) is 17.0 Å². The number of rotatable bonds is 3. The number of pyridine rings is 1. The SMILES string of the molecule is NCc1n[nH]c(=O)c2ccc(-c3cncc(C4CCCCC4)c3)cc12. The Labute approximate surface area is 146 Å². The van der Waals surface area contributed by atoms with Gasteiger partial charge in [-0.2, -0.15) is 5.10 Å². The van der Waals surface area contributed by atoms with E-state index in [1.165, 1.54) is 37.7 Å². The number of fused-ring (bicyclic) bond motifs is 1. The van der Waals surface area contributed by atoms with E-state index in [1.54, 1.807) is 0 Å². The smallest absolute Gasteiger partial charge is 0.272 e. The van der Waals surface area contributed by atoms with Gasteiger partial charge in [0.1, 0.15) is 0 Å². The van der Waals surface area contributed by atoms with Gasteiger partial charge < -0.3 is 5.73 Å². The van der Waals surface area contributed by atoms with Crippen LogP contribution in [0.4, 0.5) is 0 Å². The lowest BCUT2D eigenvalue weighted by Gasteiger charge is -2.22. The van der Waals surface area contributed by atoms with Crippen LogP contribution in [0.5, 0.6) is 0 Å². The van der Waals surface area contributed by atoms with Gasteiger partial charge in [-0.3, -0.25) is 9.78 Å². The summed E-state index contributed by atoms with van der Waals surface area (Å²) < 4.78 is 0. The minimum absolute atomic E-state index is 0.187. The Hall–Kier alpha value is -2.53. The Bertz CT molecular complexity index is 957. The molecular weight excluding hydrogens is 312 g/mol. The van der Waals surface area contributed by atoms with Gasteiger partial charge in [0, 0.05) is 29.9 Å². The van der Waals surface area contributed by atoms with Crippen molar-refractivity contribution in [1.29, 1.82) is 0 Å². The summed E-state index contributed by atoms with van der Waals surface area (Å²) in [5, 5.41) is 8.01. The molecule has 1 saturated carbocycles. The first-order chi connectivity index (χ1) is 12.3. The lowest BCUT2D eigenvalue weighted by molar-refractivity contribution is 0.443. The Kier molecular flexibility index (Phi) is 4.32. The predicted molar refractivity (Wildman–Crippen MR) is 99.3 cm³/mol. The van der Waals surface area contributed by atoms with Crippen molar-refractivity contribution in [3.63, 3.8) is 0 Å². The summed E-state index contributed by atoms with van der Waals surface area (Å²) in [6.45, 7) is 0.289. The molecule has 0 amide bonds. The predicted octanol–water partition coefficient (Wildman–Crippen LogP) is 3.49. The number of H-pyrrole nitrogens is 1. The van der Waals surface area contributed by atoms with E-state index in [0.717, 1.165) is 16.5 Å². The molecule has 0 unspecified atom stereocenters. The van der Waals surface area contributed by atoms with Crippen LogP contribution >= 0.6 is 0 Å². The standard InChI is InChI=1S/C20H22N4O/c21-10-19-18-9-14(6-7-17(18)20(25)24-23-19)16-8-15(11-22-12-16)13-4-2-1-3-5-13/h6-9,11-13H,1-5,10,21H2,(H,24,25). The van der Waals surface area contributed by atoms with Crippen LogP contribution in [0.15, 0.2) is 41.5 Å². The molecule has 128 valence electrons. The second kappa shape index (κ2) is 6.76. The molecule has 3 N–H and O–H groups in total. The first-order valence-electron chi connectivity index (χ1n) is 8.93. The van der Waals surface area contributed by atoms with Crippen LogP contribution in [0.25, 0.3) is 21.9 Å². The minimum atomic E-state index is -0.187. The van der Waals surface area contributed by atoms with Crippen molar-refractivity contribution in [3.05, 3.63) is 58.3 Å². The van der Waals surface area contributed by atoms with Crippen LogP contribution in [0.1, 0.15) is 49.3 Å². The fourth-order valence-corrected chi connectivity index (χ4v) is 3.83. The molecule has 0 saturated heterocycles. The number of nitrogens with two attached hydrogens (primary N) is 1. The number of nitrogens with one attached hydrogen (secondary N) is 1. The highest BCUT2D eigenvalue weighted by molar-refractivity contribution is 5.88. The Balaban J connectivity index is 1.78. The van der Waals surface area contributed by atoms with Crippen LogP contribution in [-0.2, 0) is 6.54 Å². The molecule has 5 nitrogen and oxygen atoms in total. The van der Waals surface area contributed by atoms with Gasteiger partial charge in [-0.25, -0.2) is 5.10 Å². The van der Waals surface area contributed by atoms with Gasteiger partial charge in [0.15, 0.2) is 0 Å². The molecule has 3 aromatic rings. The van der Waals surface area contributed by atoms with E-state index >= 15 is 0 Å². The third-order valence-corrected chi connectivity index (χ3v) is 5.23. The maximum atomic E-state index is 12.0. The molecule has 5 heteroatoms. The molecule has 1 fully saturated rings. The van der Waals surface area contributed by atoms with Crippen molar-refractivity contribution in [3.8, 4) is 11.1 Å². The number of benzene rings is 1. The van der Waals surface area contributed by atoms with Crippen molar-refractivity contribution >= 4 is 10.8 Å². The second-order valence-corrected chi connectivity index (χ2v) is 6.81. The van der Waals surface area contributed by atoms with Crippen LogP contribution in [0.2, 0.25) is 0 Å². The lowest BCUT2D eigenvalue weighted by Crippen LogP contribution is -2.13. The fourth-order valence-electron chi connectivity index (χ4n) is 3.83. The van der Waals surface area contributed by atoms with E-state index in [4.69, 9.17) is 5.73 Å². The summed E-state index contributed by atoms with van der Waals surface area (Å²) in [7, 11) is 0. The second-order valence-electron chi connectivity index (χ2n) is 6.81. The van der Waals surface area contributed by atoms with Crippen molar-refractivity contribution < 1.29 is 0 Å². The molecule has 1 aliphatic rings. The molecule has 1 aromatic carbocycles. The highest BCUT2D eigenvalue weighted by Crippen LogP contribution is 2.34. The van der Waals surface area contributed by atoms with Gasteiger partial charge in [-0.05, 0) is 48.1 Å². The summed E-state index contributed by atoms with van der Waals surface area (Å²) in [6, 6.07) is 8.06. The van der Waals surface area contributed by atoms with Crippen LogP contribution < -0.4 is 11.3 Å². The van der Waals surface area contributed by atoms with Gasteiger partial charge in [0.25, 0.3) is 5.56 Å². The Morgan fingerprint density at radius 3 is 2.68 bits per heavy atom. The molecule has 25 heavy (non-hydrogen) atoms. The molecule has 0 radical (unpaired) electrons. The average molecular weight is 334 g/mol. The summed E-state index contributed by atoms with van der Waals surface area (Å²) in [5.41, 5.74) is 9.73. The molecule has 0 atom stereocenters. The molecule has 4 rings (SSSR count). The topological polar surface area (TPSA) is 84.7 Å². The zero-order valence-electron chi connectivity index (χ0n) is 14.2. The number of hydrogen-bond acceptors (Lipinski definition) is 4. The zero-order chi connectivity index (χ0) is 17.2. The molecule has 0 bridgehead atoms. The van der Waals surface area contributed by atoms with Gasteiger partial charge in [0.05, 0.1) is 11.1 Å². The van der Waals surface area contributed by atoms with E-state index < -0.39 is 0 Å². The first kappa shape index (κ1) is 16.0. The molecule has 2 heterocycles. The molecule has 1 aliphatic carbocycles. The molecule has 0 spiro atoms. The minimum Gasteiger partial charge on any atom is -0.325 e. The highest BCUT2D eigenvalue weighted by atomic mass is 16.1. The van der Waals surface area contributed by atoms with Crippen LogP contribution in [0, 0.1) is 0 Å². The third-order valence-electron chi connectivity index (χ3n) is 5.23. The first-order valence-corrected chi connectivity index (χ1v) is 8.93. The van der Waals surface area contributed by atoms with Gasteiger partial charge in [-0.15, -0.1) is 0 Å². The number of nitrogens with zero attached hydrogens (tertiary/aromatic N) is 2. The molecule has 2 aromatic heterocycles.